The van der Waals surface area contributed by atoms with Crippen LogP contribution in [0.3, 0.4) is 0 Å². The highest BCUT2D eigenvalue weighted by Gasteiger charge is 2.12. The molecule has 0 aliphatic heterocycles. The molecule has 2 aromatic heterocycles. The highest BCUT2D eigenvalue weighted by molar-refractivity contribution is 5.85. The highest BCUT2D eigenvalue weighted by atomic mass is 16.6. The maximum Gasteiger partial charge on any atom is 0.226 e. The largest absolute Gasteiger partial charge is 0.396 e. The number of hydrogen-bond donors (Lipinski definition) is 1. The van der Waals surface area contributed by atoms with Crippen LogP contribution in [-0.4, -0.2) is 15.3 Å². The van der Waals surface area contributed by atoms with E-state index >= 15 is 0 Å². The standard InChI is InChI=1S/C8H10N4O/c1-3-5-4(2)10-8-7(6(5)9)11-13-12-8/h3,9H2,1-2H3. The molecule has 0 radical (unpaired) electrons. The first-order chi connectivity index (χ1) is 6.24. The van der Waals surface area contributed by atoms with Crippen LogP contribution < -0.4 is 5.73 Å². The Morgan fingerprint density at radius 2 is 2.15 bits per heavy atom. The summed E-state index contributed by atoms with van der Waals surface area (Å²) in [6, 6.07) is 0. The first kappa shape index (κ1) is 7.97. The lowest BCUT2D eigenvalue weighted by Gasteiger charge is -2.04. The zero-order chi connectivity index (χ0) is 9.42. The van der Waals surface area contributed by atoms with Crippen molar-refractivity contribution in [2.75, 3.05) is 5.73 Å². The number of fused-ring (bicyclic) bond motifs is 1. The van der Waals surface area contributed by atoms with Crippen molar-refractivity contribution in [1.29, 1.82) is 0 Å². The number of pyridine rings is 1. The summed E-state index contributed by atoms with van der Waals surface area (Å²) in [4.78, 5) is 4.22. The smallest absolute Gasteiger partial charge is 0.226 e. The van der Waals surface area contributed by atoms with Gasteiger partial charge < -0.3 is 5.73 Å². The van der Waals surface area contributed by atoms with Crippen LogP contribution in [0.1, 0.15) is 18.2 Å². The van der Waals surface area contributed by atoms with Crippen LogP contribution in [0.5, 0.6) is 0 Å². The Balaban J connectivity index is 2.85. The molecule has 0 amide bonds. The molecule has 2 heterocycles. The minimum absolute atomic E-state index is 0.479. The molecule has 0 bridgehead atoms. The summed E-state index contributed by atoms with van der Waals surface area (Å²) in [5.41, 5.74) is 9.45. The van der Waals surface area contributed by atoms with Crippen LogP contribution in [0, 0.1) is 6.92 Å². The van der Waals surface area contributed by atoms with E-state index in [1.807, 2.05) is 13.8 Å². The molecule has 0 aliphatic rings. The molecule has 13 heavy (non-hydrogen) atoms. The van der Waals surface area contributed by atoms with Gasteiger partial charge in [-0.2, -0.15) is 0 Å². The second kappa shape index (κ2) is 2.69. The van der Waals surface area contributed by atoms with Gasteiger partial charge in [0.2, 0.25) is 5.65 Å². The number of rotatable bonds is 1. The van der Waals surface area contributed by atoms with Crippen molar-refractivity contribution in [3.63, 3.8) is 0 Å². The topological polar surface area (TPSA) is 77.8 Å². The van der Waals surface area contributed by atoms with Gasteiger partial charge in [-0.15, -0.1) is 0 Å². The van der Waals surface area contributed by atoms with Crippen LogP contribution in [0.25, 0.3) is 11.2 Å². The molecule has 2 aromatic rings. The number of nitrogen functional groups attached to an aromatic ring is 1. The molecule has 0 fully saturated rings. The summed E-state index contributed by atoms with van der Waals surface area (Å²) in [7, 11) is 0. The van der Waals surface area contributed by atoms with Gasteiger partial charge in [0.25, 0.3) is 0 Å². The van der Waals surface area contributed by atoms with Gasteiger partial charge in [-0.3, -0.25) is 0 Å². The number of hydrogen-bond acceptors (Lipinski definition) is 5. The molecule has 68 valence electrons. The molecule has 2 rings (SSSR count). The van der Waals surface area contributed by atoms with Crippen LogP contribution >= 0.6 is 0 Å². The van der Waals surface area contributed by atoms with Gasteiger partial charge in [0.05, 0.1) is 5.69 Å². The van der Waals surface area contributed by atoms with Crippen LogP contribution in [0.15, 0.2) is 4.63 Å². The maximum absolute atomic E-state index is 5.87. The van der Waals surface area contributed by atoms with Gasteiger partial charge in [-0.1, -0.05) is 6.92 Å². The fraction of sp³-hybridized carbons (Fsp3) is 0.375. The van der Waals surface area contributed by atoms with Gasteiger partial charge in [-0.05, 0) is 29.2 Å². The molecule has 0 aromatic carbocycles. The second-order valence-electron chi connectivity index (χ2n) is 2.88. The van der Waals surface area contributed by atoms with Gasteiger partial charge >= 0.3 is 0 Å². The van der Waals surface area contributed by atoms with Crippen molar-refractivity contribution in [2.45, 2.75) is 20.3 Å². The summed E-state index contributed by atoms with van der Waals surface area (Å²) in [5, 5.41) is 7.33. The normalized spacial score (nSPS) is 10.9. The van der Waals surface area contributed by atoms with Crippen molar-refractivity contribution >= 4 is 16.9 Å². The van der Waals surface area contributed by atoms with Crippen LogP contribution in [0.4, 0.5) is 5.69 Å². The third-order valence-electron chi connectivity index (χ3n) is 2.12. The number of nitrogens with zero attached hydrogens (tertiary/aromatic N) is 3. The Hall–Kier alpha value is -1.65. The summed E-state index contributed by atoms with van der Waals surface area (Å²) >= 11 is 0. The van der Waals surface area contributed by atoms with Crippen LogP contribution in [0.2, 0.25) is 0 Å². The lowest BCUT2D eigenvalue weighted by atomic mass is 10.1. The molecule has 0 atom stereocenters. The zero-order valence-electron chi connectivity index (χ0n) is 7.53. The lowest BCUT2D eigenvalue weighted by Crippen LogP contribution is -2.00. The van der Waals surface area contributed by atoms with E-state index in [0.717, 1.165) is 17.7 Å². The Morgan fingerprint density at radius 1 is 1.38 bits per heavy atom. The predicted molar refractivity (Wildman–Crippen MR) is 48.1 cm³/mol. The van der Waals surface area contributed by atoms with Crippen molar-refractivity contribution in [3.05, 3.63) is 11.3 Å². The number of aromatic nitrogens is 3. The van der Waals surface area contributed by atoms with E-state index in [9.17, 15) is 0 Å². The minimum atomic E-state index is 0.479. The summed E-state index contributed by atoms with van der Waals surface area (Å²) in [6.45, 7) is 3.93. The molecule has 0 aliphatic carbocycles. The summed E-state index contributed by atoms with van der Waals surface area (Å²) in [5.74, 6) is 0. The summed E-state index contributed by atoms with van der Waals surface area (Å²) < 4.78 is 4.56. The highest BCUT2D eigenvalue weighted by Crippen LogP contribution is 2.22. The van der Waals surface area contributed by atoms with Crippen LogP contribution in [-0.2, 0) is 6.42 Å². The Morgan fingerprint density at radius 3 is 2.85 bits per heavy atom. The van der Waals surface area contributed by atoms with E-state index in [1.54, 1.807) is 0 Å². The number of anilines is 1. The molecule has 5 nitrogen and oxygen atoms in total. The third-order valence-corrected chi connectivity index (χ3v) is 2.12. The molecule has 0 saturated heterocycles. The Bertz CT molecular complexity index is 449. The first-order valence-electron chi connectivity index (χ1n) is 4.11. The van der Waals surface area contributed by atoms with E-state index in [4.69, 9.17) is 5.73 Å². The summed E-state index contributed by atoms with van der Waals surface area (Å²) in [6.07, 6.45) is 0.841. The molecule has 2 N–H and O–H groups in total. The predicted octanol–water partition coefficient (Wildman–Crippen LogP) is 1.07. The fourth-order valence-corrected chi connectivity index (χ4v) is 1.44. The number of nitrogens with two attached hydrogens (primary N) is 1. The van der Waals surface area contributed by atoms with Gasteiger partial charge in [0.1, 0.15) is 0 Å². The van der Waals surface area contributed by atoms with Crippen molar-refractivity contribution in [1.82, 2.24) is 15.3 Å². The lowest BCUT2D eigenvalue weighted by molar-refractivity contribution is 0.315. The van der Waals surface area contributed by atoms with E-state index in [1.165, 1.54) is 0 Å². The molecule has 0 unspecified atom stereocenters. The minimum Gasteiger partial charge on any atom is -0.396 e. The molecule has 0 spiro atoms. The van der Waals surface area contributed by atoms with Crippen molar-refractivity contribution < 1.29 is 4.63 Å². The van der Waals surface area contributed by atoms with E-state index in [-0.39, 0.29) is 0 Å². The molecular formula is C8H10N4O. The Kier molecular flexibility index (Phi) is 1.65. The fourth-order valence-electron chi connectivity index (χ4n) is 1.44. The molecular weight excluding hydrogens is 168 g/mol. The molecule has 5 heteroatoms. The van der Waals surface area contributed by atoms with Crippen molar-refractivity contribution in [3.8, 4) is 0 Å². The van der Waals surface area contributed by atoms with Gasteiger partial charge in [-0.25, -0.2) is 9.61 Å². The first-order valence-corrected chi connectivity index (χ1v) is 4.11. The van der Waals surface area contributed by atoms with E-state index in [0.29, 0.717) is 16.9 Å². The average Bonchev–Trinajstić information content (AvgIpc) is 2.53. The monoisotopic (exact) mass is 178 g/mol. The average molecular weight is 178 g/mol. The molecule has 0 saturated carbocycles. The number of aryl methyl sites for hydroxylation is 1. The van der Waals surface area contributed by atoms with Gasteiger partial charge in [0, 0.05) is 5.69 Å². The Labute approximate surface area is 74.9 Å². The quantitative estimate of drug-likeness (QED) is 0.706. The van der Waals surface area contributed by atoms with E-state index in [2.05, 4.69) is 19.9 Å². The van der Waals surface area contributed by atoms with Crippen molar-refractivity contribution in [2.24, 2.45) is 0 Å². The van der Waals surface area contributed by atoms with E-state index < -0.39 is 0 Å². The zero-order valence-corrected chi connectivity index (χ0v) is 7.53. The maximum atomic E-state index is 5.87. The SMILES string of the molecule is CCc1c(C)nc2nonc2c1N. The second-order valence-corrected chi connectivity index (χ2v) is 2.88. The third kappa shape index (κ3) is 1.04. The van der Waals surface area contributed by atoms with Gasteiger partial charge in [0.15, 0.2) is 5.52 Å².